The highest BCUT2D eigenvalue weighted by molar-refractivity contribution is 5.91. The quantitative estimate of drug-likeness (QED) is 0.439. The third kappa shape index (κ3) is 4.01. The van der Waals surface area contributed by atoms with Crippen LogP contribution in [0, 0.1) is 0 Å². The first-order chi connectivity index (χ1) is 13.2. The molecule has 140 valence electrons. The van der Waals surface area contributed by atoms with Crippen LogP contribution in [0.2, 0.25) is 0 Å². The molecule has 8 nitrogen and oxygen atoms in total. The fourth-order valence-corrected chi connectivity index (χ4v) is 2.94. The van der Waals surface area contributed by atoms with Gasteiger partial charge < -0.3 is 26.0 Å². The van der Waals surface area contributed by atoms with Crippen molar-refractivity contribution in [1.82, 2.24) is 15.0 Å². The molecule has 1 aliphatic carbocycles. The summed E-state index contributed by atoms with van der Waals surface area (Å²) in [5, 5.41) is 19.2. The predicted molar refractivity (Wildman–Crippen MR) is 105 cm³/mol. The molecule has 8 heteroatoms. The third-order valence-electron chi connectivity index (χ3n) is 4.63. The van der Waals surface area contributed by atoms with Crippen LogP contribution in [0.3, 0.4) is 0 Å². The first kappa shape index (κ1) is 17.3. The summed E-state index contributed by atoms with van der Waals surface area (Å²) in [4.78, 5) is 23.8. The van der Waals surface area contributed by atoms with E-state index in [1.54, 1.807) is 12.1 Å². The van der Waals surface area contributed by atoms with Crippen LogP contribution in [0.15, 0.2) is 36.5 Å². The number of aromatic amines is 1. The fraction of sp³-hybridized carbons (Fsp3) is 0.316. The van der Waals surface area contributed by atoms with Crippen LogP contribution in [0.25, 0.3) is 11.0 Å². The Kier molecular flexibility index (Phi) is 4.88. The van der Waals surface area contributed by atoms with Crippen molar-refractivity contribution in [3.8, 4) is 0 Å². The van der Waals surface area contributed by atoms with Crippen LogP contribution in [-0.2, 0) is 4.79 Å². The van der Waals surface area contributed by atoms with E-state index >= 15 is 0 Å². The zero-order valence-electron chi connectivity index (χ0n) is 14.8. The maximum atomic E-state index is 11.5. The van der Waals surface area contributed by atoms with E-state index in [2.05, 4.69) is 30.9 Å². The lowest BCUT2D eigenvalue weighted by molar-refractivity contribution is -0.116. The number of hydrogen-bond donors (Lipinski definition) is 5. The summed E-state index contributed by atoms with van der Waals surface area (Å²) < 4.78 is 0. The number of aliphatic hydroxyl groups is 1. The minimum atomic E-state index is -0.217. The van der Waals surface area contributed by atoms with Gasteiger partial charge in [-0.3, -0.25) is 4.79 Å². The standard InChI is InChI=1S/C19H22N6O2/c26-11-9-16(27)21-13-4-6-14(7-5-13)23-19-24-17-15(8-10-20-17)18(25-19)22-12-2-1-3-12/h4-8,10,12,26H,1-3,9,11H2,(H,21,27)(H3,20,22,23,24,25). The normalized spacial score (nSPS) is 14.0. The number of nitrogens with zero attached hydrogens (tertiary/aromatic N) is 2. The van der Waals surface area contributed by atoms with Gasteiger partial charge in [-0.25, -0.2) is 0 Å². The SMILES string of the molecule is O=C(CCO)Nc1ccc(Nc2nc(NC3CCC3)c3cc[nH]c3n2)cc1. The van der Waals surface area contributed by atoms with Gasteiger partial charge in [0.15, 0.2) is 0 Å². The van der Waals surface area contributed by atoms with Crippen molar-refractivity contribution >= 4 is 40.1 Å². The van der Waals surface area contributed by atoms with Gasteiger partial charge in [0.1, 0.15) is 11.5 Å². The van der Waals surface area contributed by atoms with Crippen molar-refractivity contribution < 1.29 is 9.90 Å². The second kappa shape index (κ2) is 7.63. The first-order valence-corrected chi connectivity index (χ1v) is 9.11. The summed E-state index contributed by atoms with van der Waals surface area (Å²) in [6.45, 7) is -0.165. The molecule has 1 aliphatic rings. The Balaban J connectivity index is 1.50. The Morgan fingerprint density at radius 2 is 1.93 bits per heavy atom. The molecule has 1 amide bonds. The molecule has 2 aromatic heterocycles. The van der Waals surface area contributed by atoms with Crippen molar-refractivity contribution in [2.75, 3.05) is 22.6 Å². The summed E-state index contributed by atoms with van der Waals surface area (Å²) in [6, 6.07) is 9.72. The highest BCUT2D eigenvalue weighted by Gasteiger charge is 2.19. The largest absolute Gasteiger partial charge is 0.396 e. The van der Waals surface area contributed by atoms with Crippen molar-refractivity contribution in [3.63, 3.8) is 0 Å². The van der Waals surface area contributed by atoms with Gasteiger partial charge in [0.2, 0.25) is 11.9 Å². The lowest BCUT2D eigenvalue weighted by Crippen LogP contribution is -2.27. The van der Waals surface area contributed by atoms with Gasteiger partial charge in [0.25, 0.3) is 0 Å². The second-order valence-electron chi connectivity index (χ2n) is 6.63. The minimum Gasteiger partial charge on any atom is -0.396 e. The first-order valence-electron chi connectivity index (χ1n) is 9.11. The van der Waals surface area contributed by atoms with Crippen LogP contribution < -0.4 is 16.0 Å². The summed E-state index contributed by atoms with van der Waals surface area (Å²) in [5.74, 6) is 1.12. The summed E-state index contributed by atoms with van der Waals surface area (Å²) in [7, 11) is 0. The van der Waals surface area contributed by atoms with Gasteiger partial charge in [-0.2, -0.15) is 9.97 Å². The number of nitrogens with one attached hydrogen (secondary N) is 4. The number of aliphatic hydroxyl groups excluding tert-OH is 1. The van der Waals surface area contributed by atoms with Crippen LogP contribution in [0.4, 0.5) is 23.1 Å². The topological polar surface area (TPSA) is 115 Å². The predicted octanol–water partition coefficient (Wildman–Crippen LogP) is 2.99. The minimum absolute atomic E-state index is 0.0841. The van der Waals surface area contributed by atoms with E-state index in [0.717, 1.165) is 22.5 Å². The van der Waals surface area contributed by atoms with E-state index in [4.69, 9.17) is 5.11 Å². The smallest absolute Gasteiger partial charge is 0.231 e. The molecule has 1 fully saturated rings. The summed E-state index contributed by atoms with van der Waals surface area (Å²) in [5.41, 5.74) is 2.27. The molecular formula is C19H22N6O2. The summed E-state index contributed by atoms with van der Waals surface area (Å²) >= 11 is 0. The molecule has 3 aromatic rings. The number of hydrogen-bond acceptors (Lipinski definition) is 6. The zero-order chi connectivity index (χ0) is 18.6. The van der Waals surface area contributed by atoms with E-state index in [9.17, 15) is 4.79 Å². The monoisotopic (exact) mass is 366 g/mol. The molecule has 1 aromatic carbocycles. The van der Waals surface area contributed by atoms with Gasteiger partial charge in [-0.05, 0) is 49.6 Å². The average molecular weight is 366 g/mol. The zero-order valence-corrected chi connectivity index (χ0v) is 14.8. The number of carbonyl (C=O) groups excluding carboxylic acids is 1. The number of rotatable bonds is 7. The van der Waals surface area contributed by atoms with Gasteiger partial charge >= 0.3 is 0 Å². The molecular weight excluding hydrogens is 344 g/mol. The molecule has 27 heavy (non-hydrogen) atoms. The average Bonchev–Trinajstić information content (AvgIpc) is 3.08. The molecule has 0 aliphatic heterocycles. The number of amides is 1. The number of fused-ring (bicyclic) bond motifs is 1. The molecule has 0 bridgehead atoms. The van der Waals surface area contributed by atoms with Gasteiger partial charge in [-0.1, -0.05) is 0 Å². The Morgan fingerprint density at radius 1 is 1.15 bits per heavy atom. The summed E-state index contributed by atoms with van der Waals surface area (Å²) in [6.07, 6.45) is 5.54. The third-order valence-corrected chi connectivity index (χ3v) is 4.63. The number of H-pyrrole nitrogens is 1. The Morgan fingerprint density at radius 3 is 2.63 bits per heavy atom. The van der Waals surface area contributed by atoms with Gasteiger partial charge in [0, 0.05) is 23.6 Å². The van der Waals surface area contributed by atoms with Crippen molar-refractivity contribution in [2.24, 2.45) is 0 Å². The van der Waals surface area contributed by atoms with E-state index < -0.39 is 0 Å². The number of anilines is 4. The number of benzene rings is 1. The van der Waals surface area contributed by atoms with E-state index in [-0.39, 0.29) is 18.9 Å². The van der Waals surface area contributed by atoms with E-state index in [0.29, 0.717) is 17.7 Å². The molecule has 4 rings (SSSR count). The Hall–Kier alpha value is -3.13. The molecule has 0 unspecified atom stereocenters. The number of aromatic nitrogens is 3. The van der Waals surface area contributed by atoms with E-state index in [1.165, 1.54) is 19.3 Å². The van der Waals surface area contributed by atoms with Crippen LogP contribution in [-0.4, -0.2) is 38.6 Å². The highest BCUT2D eigenvalue weighted by atomic mass is 16.3. The lowest BCUT2D eigenvalue weighted by atomic mass is 9.93. The van der Waals surface area contributed by atoms with Crippen LogP contribution >= 0.6 is 0 Å². The van der Waals surface area contributed by atoms with E-state index in [1.807, 2.05) is 24.4 Å². The lowest BCUT2D eigenvalue weighted by Gasteiger charge is -2.27. The molecule has 1 saturated carbocycles. The second-order valence-corrected chi connectivity index (χ2v) is 6.63. The molecule has 0 atom stereocenters. The Labute approximate surface area is 156 Å². The fourth-order valence-electron chi connectivity index (χ4n) is 2.94. The van der Waals surface area contributed by atoms with Gasteiger partial charge in [0.05, 0.1) is 18.4 Å². The molecule has 0 radical (unpaired) electrons. The van der Waals surface area contributed by atoms with Crippen molar-refractivity contribution in [1.29, 1.82) is 0 Å². The maximum Gasteiger partial charge on any atom is 0.231 e. The van der Waals surface area contributed by atoms with Crippen LogP contribution in [0.1, 0.15) is 25.7 Å². The molecule has 0 saturated heterocycles. The number of carbonyl (C=O) groups is 1. The Bertz CT molecular complexity index is 933. The highest BCUT2D eigenvalue weighted by Crippen LogP contribution is 2.28. The van der Waals surface area contributed by atoms with Crippen LogP contribution in [0.5, 0.6) is 0 Å². The molecule has 5 N–H and O–H groups in total. The van der Waals surface area contributed by atoms with Crippen molar-refractivity contribution in [3.05, 3.63) is 36.5 Å². The van der Waals surface area contributed by atoms with Crippen molar-refractivity contribution in [2.45, 2.75) is 31.7 Å². The molecule has 2 heterocycles. The van der Waals surface area contributed by atoms with Gasteiger partial charge in [-0.15, -0.1) is 0 Å². The maximum absolute atomic E-state index is 11.5. The molecule has 0 spiro atoms.